The molecular formula is C25H31N3O3S2. The minimum Gasteiger partial charge on any atom is -0.465 e. The highest BCUT2D eigenvalue weighted by Crippen LogP contribution is 2.30. The second-order valence-corrected chi connectivity index (χ2v) is 9.43. The summed E-state index contributed by atoms with van der Waals surface area (Å²) < 4.78 is 5.16. The van der Waals surface area contributed by atoms with Gasteiger partial charge in [-0.3, -0.25) is 20.4 Å². The molecule has 0 bridgehead atoms. The van der Waals surface area contributed by atoms with Gasteiger partial charge in [0.1, 0.15) is 10.3 Å². The first-order chi connectivity index (χ1) is 16.0. The van der Waals surface area contributed by atoms with Gasteiger partial charge < -0.3 is 10.1 Å². The number of esters is 1. The van der Waals surface area contributed by atoms with E-state index >= 15 is 0 Å². The molecule has 2 aromatic carbocycles. The van der Waals surface area contributed by atoms with E-state index in [-0.39, 0.29) is 17.6 Å². The normalized spacial score (nSPS) is 11.4. The van der Waals surface area contributed by atoms with Crippen LogP contribution in [0.15, 0.2) is 60.7 Å². The maximum atomic E-state index is 12.3. The summed E-state index contributed by atoms with van der Waals surface area (Å²) >= 11 is 2.46. The van der Waals surface area contributed by atoms with Gasteiger partial charge in [-0.1, -0.05) is 78.8 Å². The minimum absolute atomic E-state index is 0.107. The second kappa shape index (κ2) is 15.3. The highest BCUT2D eigenvalue weighted by atomic mass is 32.2. The van der Waals surface area contributed by atoms with E-state index in [1.165, 1.54) is 23.5 Å². The van der Waals surface area contributed by atoms with Gasteiger partial charge in [-0.05, 0) is 31.7 Å². The molecule has 0 saturated carbocycles. The quantitative estimate of drug-likeness (QED) is 0.152. The number of amides is 1. The Labute approximate surface area is 204 Å². The van der Waals surface area contributed by atoms with Crippen molar-refractivity contribution >= 4 is 45.5 Å². The summed E-state index contributed by atoms with van der Waals surface area (Å²) in [5, 5.41) is 19.4. The van der Waals surface area contributed by atoms with Crippen molar-refractivity contribution in [2.24, 2.45) is 0 Å². The molecule has 0 aliphatic heterocycles. The zero-order valence-corrected chi connectivity index (χ0v) is 20.5. The smallest absolute Gasteiger partial charge is 0.323 e. The SMILES string of the molecule is CCOC(=O)C(SCC(=O)NCCCCCC(=N)SC(=N)c1ccccc1)c1ccccc1. The number of unbranched alkanes of at least 4 members (excludes halogenated alkanes) is 2. The van der Waals surface area contributed by atoms with Gasteiger partial charge in [0, 0.05) is 12.1 Å². The van der Waals surface area contributed by atoms with Crippen LogP contribution in [-0.2, 0) is 14.3 Å². The highest BCUT2D eigenvalue weighted by molar-refractivity contribution is 8.26. The Morgan fingerprint density at radius 2 is 1.64 bits per heavy atom. The van der Waals surface area contributed by atoms with Gasteiger partial charge in [0.2, 0.25) is 5.91 Å². The van der Waals surface area contributed by atoms with E-state index in [2.05, 4.69) is 5.32 Å². The Morgan fingerprint density at radius 1 is 0.970 bits per heavy atom. The molecule has 0 radical (unpaired) electrons. The van der Waals surface area contributed by atoms with Crippen molar-refractivity contribution in [1.29, 1.82) is 10.8 Å². The van der Waals surface area contributed by atoms with Gasteiger partial charge in [0.05, 0.1) is 17.4 Å². The van der Waals surface area contributed by atoms with Crippen LogP contribution in [0.4, 0.5) is 0 Å². The molecular weight excluding hydrogens is 454 g/mol. The predicted molar refractivity (Wildman–Crippen MR) is 138 cm³/mol. The van der Waals surface area contributed by atoms with E-state index in [0.717, 1.165) is 30.4 Å². The summed E-state index contributed by atoms with van der Waals surface area (Å²) in [5.41, 5.74) is 1.65. The number of thioether (sulfide) groups is 2. The molecule has 1 unspecified atom stereocenters. The van der Waals surface area contributed by atoms with E-state index in [1.54, 1.807) is 6.92 Å². The summed E-state index contributed by atoms with van der Waals surface area (Å²) in [6.07, 6.45) is 3.19. The largest absolute Gasteiger partial charge is 0.465 e. The summed E-state index contributed by atoms with van der Waals surface area (Å²) in [6, 6.07) is 18.8. The Kier molecular flexibility index (Phi) is 12.4. The summed E-state index contributed by atoms with van der Waals surface area (Å²) in [5.74, 6) is -0.256. The van der Waals surface area contributed by atoms with Crippen molar-refractivity contribution in [3.63, 3.8) is 0 Å². The first-order valence-corrected chi connectivity index (χ1v) is 12.9. The van der Waals surface area contributed by atoms with E-state index < -0.39 is 5.25 Å². The predicted octanol–water partition coefficient (Wildman–Crippen LogP) is 5.44. The summed E-state index contributed by atoms with van der Waals surface area (Å²) in [6.45, 7) is 2.64. The van der Waals surface area contributed by atoms with Crippen molar-refractivity contribution in [2.75, 3.05) is 18.9 Å². The number of hydrogen-bond donors (Lipinski definition) is 3. The van der Waals surface area contributed by atoms with Crippen LogP contribution in [0.25, 0.3) is 0 Å². The van der Waals surface area contributed by atoms with Crippen LogP contribution in [-0.4, -0.2) is 40.9 Å². The number of rotatable bonds is 13. The maximum absolute atomic E-state index is 12.3. The van der Waals surface area contributed by atoms with Crippen molar-refractivity contribution in [3.05, 3.63) is 71.8 Å². The lowest BCUT2D eigenvalue weighted by Crippen LogP contribution is -2.27. The van der Waals surface area contributed by atoms with Crippen molar-refractivity contribution in [3.8, 4) is 0 Å². The lowest BCUT2D eigenvalue weighted by molar-refractivity contribution is -0.142. The average molecular weight is 486 g/mol. The molecule has 0 spiro atoms. The van der Waals surface area contributed by atoms with E-state index in [1.807, 2.05) is 60.7 Å². The van der Waals surface area contributed by atoms with Gasteiger partial charge in [-0.2, -0.15) is 0 Å². The monoisotopic (exact) mass is 485 g/mol. The van der Waals surface area contributed by atoms with Crippen LogP contribution in [0.5, 0.6) is 0 Å². The van der Waals surface area contributed by atoms with Gasteiger partial charge >= 0.3 is 5.97 Å². The number of ether oxygens (including phenoxy) is 1. The number of carbonyl (C=O) groups is 2. The summed E-state index contributed by atoms with van der Waals surface area (Å²) in [4.78, 5) is 24.5. The Bertz CT molecular complexity index is 908. The molecule has 0 aliphatic rings. The lowest BCUT2D eigenvalue weighted by atomic mass is 10.1. The van der Waals surface area contributed by atoms with Crippen LogP contribution in [0, 0.1) is 10.8 Å². The van der Waals surface area contributed by atoms with Crippen LogP contribution >= 0.6 is 23.5 Å². The topological polar surface area (TPSA) is 103 Å². The fraction of sp³-hybridized carbons (Fsp3) is 0.360. The molecule has 2 rings (SSSR count). The lowest BCUT2D eigenvalue weighted by Gasteiger charge is -2.15. The van der Waals surface area contributed by atoms with Crippen LogP contribution in [0.2, 0.25) is 0 Å². The van der Waals surface area contributed by atoms with Gasteiger partial charge in [0.15, 0.2) is 0 Å². The molecule has 1 atom stereocenters. The Balaban J connectivity index is 1.61. The Hall–Kier alpha value is -2.58. The number of nitrogens with one attached hydrogen (secondary N) is 3. The maximum Gasteiger partial charge on any atom is 0.323 e. The zero-order valence-electron chi connectivity index (χ0n) is 18.8. The molecule has 3 N–H and O–H groups in total. The zero-order chi connectivity index (χ0) is 23.9. The van der Waals surface area contributed by atoms with E-state index in [0.29, 0.717) is 29.7 Å². The third-order valence-corrected chi connectivity index (χ3v) is 6.77. The van der Waals surface area contributed by atoms with Gasteiger partial charge in [0.25, 0.3) is 0 Å². The average Bonchev–Trinajstić information content (AvgIpc) is 2.83. The van der Waals surface area contributed by atoms with E-state index in [4.69, 9.17) is 15.6 Å². The third kappa shape index (κ3) is 10.3. The van der Waals surface area contributed by atoms with Crippen LogP contribution in [0.3, 0.4) is 0 Å². The van der Waals surface area contributed by atoms with Crippen LogP contribution < -0.4 is 5.32 Å². The molecule has 176 valence electrons. The fourth-order valence-corrected chi connectivity index (χ4v) is 4.71. The molecule has 0 heterocycles. The number of carbonyl (C=O) groups excluding carboxylic acids is 2. The molecule has 2 aromatic rings. The molecule has 6 nitrogen and oxygen atoms in total. The molecule has 1 amide bonds. The van der Waals surface area contributed by atoms with Crippen molar-refractivity contribution in [2.45, 2.75) is 37.9 Å². The Morgan fingerprint density at radius 3 is 2.30 bits per heavy atom. The molecule has 33 heavy (non-hydrogen) atoms. The second-order valence-electron chi connectivity index (χ2n) is 7.23. The van der Waals surface area contributed by atoms with Crippen molar-refractivity contribution < 1.29 is 14.3 Å². The molecule has 0 aromatic heterocycles. The third-order valence-electron chi connectivity index (χ3n) is 4.65. The highest BCUT2D eigenvalue weighted by Gasteiger charge is 2.23. The fourth-order valence-electron chi connectivity index (χ4n) is 2.99. The standard InChI is InChI=1S/C25H31N3O3S2/c1-2-31-25(30)23(19-12-6-3-7-13-19)32-18-22(29)28-17-11-5-10-16-21(26)33-24(27)20-14-8-4-9-15-20/h3-4,6-9,12-15,23,26-27H,2,5,10-11,16-18H2,1H3,(H,28,29). The minimum atomic E-state index is -0.518. The first kappa shape index (κ1) is 26.7. The summed E-state index contributed by atoms with van der Waals surface area (Å²) in [7, 11) is 0. The van der Waals surface area contributed by atoms with Crippen LogP contribution in [0.1, 0.15) is 49.0 Å². The van der Waals surface area contributed by atoms with Crippen molar-refractivity contribution in [1.82, 2.24) is 5.32 Å². The molecule has 0 saturated heterocycles. The number of hydrogen-bond acceptors (Lipinski definition) is 7. The molecule has 0 fully saturated rings. The van der Waals surface area contributed by atoms with Gasteiger partial charge in [-0.15, -0.1) is 11.8 Å². The van der Waals surface area contributed by atoms with Gasteiger partial charge in [-0.25, -0.2) is 0 Å². The molecule has 0 aliphatic carbocycles. The van der Waals surface area contributed by atoms with E-state index in [9.17, 15) is 9.59 Å². The number of benzene rings is 2. The first-order valence-electron chi connectivity index (χ1n) is 11.0. The molecule has 8 heteroatoms.